The predicted molar refractivity (Wildman–Crippen MR) is 94.9 cm³/mol. The summed E-state index contributed by atoms with van der Waals surface area (Å²) in [6.45, 7) is 5.96. The first-order chi connectivity index (χ1) is 10.5. The smallest absolute Gasteiger partial charge is 0.191 e. The Morgan fingerprint density at radius 3 is 2.36 bits per heavy atom. The van der Waals surface area contributed by atoms with Crippen molar-refractivity contribution in [3.05, 3.63) is 22.2 Å². The Labute approximate surface area is 141 Å². The van der Waals surface area contributed by atoms with E-state index < -0.39 is 0 Å². The molecule has 0 heterocycles. The van der Waals surface area contributed by atoms with Crippen LogP contribution < -0.4 is 20.1 Å². The Morgan fingerprint density at radius 1 is 1.18 bits per heavy atom. The van der Waals surface area contributed by atoms with Crippen molar-refractivity contribution in [2.24, 2.45) is 10.9 Å². The molecule has 1 rings (SSSR count). The van der Waals surface area contributed by atoms with Gasteiger partial charge < -0.3 is 20.1 Å². The second kappa shape index (κ2) is 9.56. The average Bonchev–Trinajstić information content (AvgIpc) is 2.50. The molecule has 2 N–H and O–H groups in total. The van der Waals surface area contributed by atoms with Gasteiger partial charge in [-0.2, -0.15) is 0 Å². The van der Waals surface area contributed by atoms with Crippen molar-refractivity contribution in [1.29, 1.82) is 0 Å². The molecule has 0 saturated carbocycles. The number of nitrogens with zero attached hydrogens (tertiary/aromatic N) is 1. The van der Waals surface area contributed by atoms with E-state index in [-0.39, 0.29) is 0 Å². The van der Waals surface area contributed by atoms with Crippen LogP contribution in [0.15, 0.2) is 21.6 Å². The molecule has 0 radical (unpaired) electrons. The van der Waals surface area contributed by atoms with Crippen LogP contribution >= 0.6 is 15.9 Å². The molecular weight excluding hydrogens is 346 g/mol. The molecular formula is C16H26BrN3O2. The number of guanidine groups is 1. The SMILES string of the molecule is CN=C(NCCC(C)C)NCc1cc(OC)c(OC)cc1Br. The average molecular weight is 372 g/mol. The number of ether oxygens (including phenoxy) is 2. The summed E-state index contributed by atoms with van der Waals surface area (Å²) in [5.74, 6) is 2.88. The third kappa shape index (κ3) is 5.75. The molecule has 0 amide bonds. The third-order valence-electron chi connectivity index (χ3n) is 3.24. The number of halogens is 1. The van der Waals surface area contributed by atoms with Gasteiger partial charge in [0, 0.05) is 24.6 Å². The summed E-state index contributed by atoms with van der Waals surface area (Å²) in [6, 6.07) is 3.86. The van der Waals surface area contributed by atoms with Gasteiger partial charge in [-0.3, -0.25) is 4.99 Å². The van der Waals surface area contributed by atoms with E-state index in [0.29, 0.717) is 24.0 Å². The Bertz CT molecular complexity index is 504. The highest BCUT2D eigenvalue weighted by atomic mass is 79.9. The molecule has 124 valence electrons. The fraction of sp³-hybridized carbons (Fsp3) is 0.562. The maximum absolute atomic E-state index is 5.34. The van der Waals surface area contributed by atoms with Gasteiger partial charge in [0.25, 0.3) is 0 Å². The molecule has 1 aromatic carbocycles. The van der Waals surface area contributed by atoms with E-state index in [4.69, 9.17) is 9.47 Å². The van der Waals surface area contributed by atoms with Crippen molar-refractivity contribution in [3.8, 4) is 11.5 Å². The zero-order chi connectivity index (χ0) is 16.5. The molecule has 0 spiro atoms. The molecule has 0 aromatic heterocycles. The quantitative estimate of drug-likeness (QED) is 0.570. The monoisotopic (exact) mass is 371 g/mol. The van der Waals surface area contributed by atoms with Gasteiger partial charge in [0.1, 0.15) is 0 Å². The Balaban J connectivity index is 2.66. The van der Waals surface area contributed by atoms with E-state index >= 15 is 0 Å². The topological polar surface area (TPSA) is 54.9 Å². The fourth-order valence-corrected chi connectivity index (χ4v) is 2.37. The van der Waals surface area contributed by atoms with Gasteiger partial charge >= 0.3 is 0 Å². The summed E-state index contributed by atoms with van der Waals surface area (Å²) >= 11 is 3.56. The molecule has 0 aliphatic carbocycles. The number of benzene rings is 1. The minimum absolute atomic E-state index is 0.641. The summed E-state index contributed by atoms with van der Waals surface area (Å²) in [5, 5.41) is 6.61. The molecule has 0 saturated heterocycles. The van der Waals surface area contributed by atoms with E-state index in [1.54, 1.807) is 21.3 Å². The van der Waals surface area contributed by atoms with Crippen LogP contribution in [0.25, 0.3) is 0 Å². The number of aliphatic imine (C=N–C) groups is 1. The highest BCUT2D eigenvalue weighted by molar-refractivity contribution is 9.10. The molecule has 0 atom stereocenters. The van der Waals surface area contributed by atoms with E-state index in [1.807, 2.05) is 12.1 Å². The van der Waals surface area contributed by atoms with E-state index in [1.165, 1.54) is 0 Å². The third-order valence-corrected chi connectivity index (χ3v) is 3.97. The lowest BCUT2D eigenvalue weighted by Gasteiger charge is -2.15. The van der Waals surface area contributed by atoms with Gasteiger partial charge in [-0.1, -0.05) is 29.8 Å². The number of nitrogens with one attached hydrogen (secondary N) is 2. The van der Waals surface area contributed by atoms with Crippen molar-refractivity contribution in [2.75, 3.05) is 27.8 Å². The molecule has 0 bridgehead atoms. The largest absolute Gasteiger partial charge is 0.493 e. The van der Waals surface area contributed by atoms with Crippen molar-refractivity contribution in [2.45, 2.75) is 26.8 Å². The standard InChI is InChI=1S/C16H26BrN3O2/c1-11(2)6-7-19-16(18-3)20-10-12-8-14(21-4)15(22-5)9-13(12)17/h8-9,11H,6-7,10H2,1-5H3,(H2,18,19,20). The van der Waals surface area contributed by atoms with Crippen molar-refractivity contribution in [1.82, 2.24) is 10.6 Å². The molecule has 6 heteroatoms. The summed E-state index contributed by atoms with van der Waals surface area (Å²) in [7, 11) is 5.03. The van der Waals surface area contributed by atoms with Crippen LogP contribution in [0.2, 0.25) is 0 Å². The molecule has 0 aliphatic rings. The van der Waals surface area contributed by atoms with E-state index in [2.05, 4.69) is 45.4 Å². The Kier molecular flexibility index (Phi) is 8.09. The number of hydrogen-bond acceptors (Lipinski definition) is 3. The number of methoxy groups -OCH3 is 2. The van der Waals surface area contributed by atoms with Gasteiger partial charge in [-0.05, 0) is 30.0 Å². The van der Waals surface area contributed by atoms with E-state index in [0.717, 1.165) is 29.0 Å². The molecule has 0 aliphatic heterocycles. The zero-order valence-electron chi connectivity index (χ0n) is 14.0. The minimum Gasteiger partial charge on any atom is -0.493 e. The second-order valence-electron chi connectivity index (χ2n) is 5.33. The number of rotatable bonds is 7. The highest BCUT2D eigenvalue weighted by Crippen LogP contribution is 2.33. The van der Waals surface area contributed by atoms with Gasteiger partial charge in [-0.15, -0.1) is 0 Å². The summed E-state index contributed by atoms with van der Waals surface area (Å²) < 4.78 is 11.6. The van der Waals surface area contributed by atoms with Gasteiger partial charge in [-0.25, -0.2) is 0 Å². The lowest BCUT2D eigenvalue weighted by Crippen LogP contribution is -2.37. The Hall–Kier alpha value is -1.43. The predicted octanol–water partition coefficient (Wildman–Crippen LogP) is 3.18. The maximum atomic E-state index is 5.34. The highest BCUT2D eigenvalue weighted by Gasteiger charge is 2.10. The molecule has 0 unspecified atom stereocenters. The zero-order valence-corrected chi connectivity index (χ0v) is 15.6. The van der Waals surface area contributed by atoms with Crippen molar-refractivity contribution in [3.63, 3.8) is 0 Å². The fourth-order valence-electron chi connectivity index (χ4n) is 1.91. The van der Waals surface area contributed by atoms with Crippen molar-refractivity contribution >= 4 is 21.9 Å². The van der Waals surface area contributed by atoms with Crippen molar-refractivity contribution < 1.29 is 9.47 Å². The maximum Gasteiger partial charge on any atom is 0.191 e. The van der Waals surface area contributed by atoms with Crippen LogP contribution in [-0.4, -0.2) is 33.8 Å². The van der Waals surface area contributed by atoms with Crippen LogP contribution in [0.5, 0.6) is 11.5 Å². The lowest BCUT2D eigenvalue weighted by atomic mass is 10.1. The minimum atomic E-state index is 0.641. The van der Waals surface area contributed by atoms with Gasteiger partial charge in [0.2, 0.25) is 0 Å². The molecule has 22 heavy (non-hydrogen) atoms. The second-order valence-corrected chi connectivity index (χ2v) is 6.19. The lowest BCUT2D eigenvalue weighted by molar-refractivity contribution is 0.354. The summed E-state index contributed by atoms with van der Waals surface area (Å²) in [4.78, 5) is 4.23. The summed E-state index contributed by atoms with van der Waals surface area (Å²) in [5.41, 5.74) is 1.07. The first-order valence-corrected chi connectivity index (χ1v) is 8.16. The van der Waals surface area contributed by atoms with Gasteiger partial charge in [0.05, 0.1) is 14.2 Å². The first-order valence-electron chi connectivity index (χ1n) is 7.36. The van der Waals surface area contributed by atoms with Gasteiger partial charge in [0.15, 0.2) is 17.5 Å². The van der Waals surface area contributed by atoms with Crippen LogP contribution in [0, 0.1) is 5.92 Å². The normalized spacial score (nSPS) is 11.5. The molecule has 1 aromatic rings. The van der Waals surface area contributed by atoms with Crippen LogP contribution in [0.4, 0.5) is 0 Å². The number of hydrogen-bond donors (Lipinski definition) is 2. The van der Waals surface area contributed by atoms with Crippen LogP contribution in [0.1, 0.15) is 25.8 Å². The first kappa shape index (κ1) is 18.6. The molecule has 5 nitrogen and oxygen atoms in total. The van der Waals surface area contributed by atoms with Crippen LogP contribution in [-0.2, 0) is 6.54 Å². The van der Waals surface area contributed by atoms with E-state index in [9.17, 15) is 0 Å². The Morgan fingerprint density at radius 2 is 1.82 bits per heavy atom. The van der Waals surface area contributed by atoms with Crippen LogP contribution in [0.3, 0.4) is 0 Å². The summed E-state index contributed by atoms with van der Waals surface area (Å²) in [6.07, 6.45) is 1.11. The molecule has 0 fully saturated rings.